The first-order valence-electron chi connectivity index (χ1n) is 7.20. The van der Waals surface area contributed by atoms with Crippen LogP contribution in [0.1, 0.15) is 19.3 Å². The minimum absolute atomic E-state index is 0.239. The fourth-order valence-corrected chi connectivity index (χ4v) is 2.74. The fourth-order valence-electron chi connectivity index (χ4n) is 2.74. The molecule has 1 aliphatic carbocycles. The van der Waals surface area contributed by atoms with Crippen molar-refractivity contribution in [3.05, 3.63) is 11.6 Å². The molecular formula is C14H21NO7. The van der Waals surface area contributed by atoms with Crippen molar-refractivity contribution in [2.45, 2.75) is 62.2 Å². The van der Waals surface area contributed by atoms with E-state index in [4.69, 9.17) is 19.8 Å². The van der Waals surface area contributed by atoms with Crippen LogP contribution in [0.15, 0.2) is 11.6 Å². The molecule has 0 bridgehead atoms. The molecule has 8 heteroatoms. The fraction of sp³-hybridized carbons (Fsp3) is 0.786. The average Bonchev–Trinajstić information content (AvgIpc) is 2.50. The minimum Gasteiger partial charge on any atom is -0.394 e. The van der Waals surface area contributed by atoms with Gasteiger partial charge in [0.2, 0.25) is 0 Å². The molecule has 1 saturated heterocycles. The molecule has 0 spiro atoms. The summed E-state index contributed by atoms with van der Waals surface area (Å²) in [6.45, 7) is -0.543. The smallest absolute Gasteiger partial charge is 0.187 e. The van der Waals surface area contributed by atoms with Gasteiger partial charge >= 0.3 is 0 Å². The van der Waals surface area contributed by atoms with Crippen molar-refractivity contribution in [2.24, 2.45) is 0 Å². The van der Waals surface area contributed by atoms with Crippen molar-refractivity contribution in [3.8, 4) is 6.07 Å². The van der Waals surface area contributed by atoms with Crippen LogP contribution < -0.4 is 0 Å². The van der Waals surface area contributed by atoms with E-state index in [-0.39, 0.29) is 6.42 Å². The van der Waals surface area contributed by atoms with Crippen LogP contribution in [0.3, 0.4) is 0 Å². The quantitative estimate of drug-likeness (QED) is 0.382. The van der Waals surface area contributed by atoms with Gasteiger partial charge in [0.25, 0.3) is 0 Å². The van der Waals surface area contributed by atoms with Gasteiger partial charge in [-0.15, -0.1) is 0 Å². The number of hydrogen-bond acceptors (Lipinski definition) is 8. The standard InChI is InChI=1S/C14H21NO7/c15-4-3-7-1-2-8(17)5-9(7)21-14-13(20)12(19)11(18)10(6-16)22-14/h3,8-14,16-20H,1-2,5-6H2/b7-3-/t8-,9-,10+,11+,12-,13+,14+/m0/s1. The van der Waals surface area contributed by atoms with Gasteiger partial charge in [0.15, 0.2) is 6.29 Å². The van der Waals surface area contributed by atoms with Gasteiger partial charge in [-0.05, 0) is 18.4 Å². The van der Waals surface area contributed by atoms with Crippen LogP contribution in [0.2, 0.25) is 0 Å². The molecule has 5 N–H and O–H groups in total. The lowest BCUT2D eigenvalue weighted by Gasteiger charge is -2.42. The summed E-state index contributed by atoms with van der Waals surface area (Å²) in [4.78, 5) is 0. The largest absolute Gasteiger partial charge is 0.394 e. The van der Waals surface area contributed by atoms with Crippen LogP contribution in [0, 0.1) is 11.3 Å². The monoisotopic (exact) mass is 315 g/mol. The first-order chi connectivity index (χ1) is 10.5. The van der Waals surface area contributed by atoms with Crippen molar-refractivity contribution < 1.29 is 35.0 Å². The summed E-state index contributed by atoms with van der Waals surface area (Å²) in [5.74, 6) is 0. The molecule has 0 aromatic rings. The highest BCUT2D eigenvalue weighted by molar-refractivity contribution is 5.20. The molecule has 8 nitrogen and oxygen atoms in total. The summed E-state index contributed by atoms with van der Waals surface area (Å²) < 4.78 is 10.9. The third-order valence-electron chi connectivity index (χ3n) is 4.06. The molecule has 2 rings (SSSR count). The Bertz CT molecular complexity index is 447. The molecular weight excluding hydrogens is 294 g/mol. The molecule has 2 aliphatic rings. The molecule has 1 heterocycles. The van der Waals surface area contributed by atoms with Crippen LogP contribution in [-0.2, 0) is 9.47 Å². The Hall–Kier alpha value is -1.05. The van der Waals surface area contributed by atoms with Crippen LogP contribution in [0.5, 0.6) is 0 Å². The molecule has 0 radical (unpaired) electrons. The molecule has 0 aromatic heterocycles. The summed E-state index contributed by atoms with van der Waals surface area (Å²) in [6.07, 6.45) is -5.45. The molecule has 0 aromatic carbocycles. The zero-order chi connectivity index (χ0) is 16.3. The SMILES string of the molecule is N#C/C=C1/CC[C@H](O)C[C@@H]1O[C@@H]1O[C@H](CO)[C@@H](O)[C@H](O)[C@H]1O. The molecule has 124 valence electrons. The molecule has 2 fully saturated rings. The Balaban J connectivity index is 2.10. The van der Waals surface area contributed by atoms with Crippen molar-refractivity contribution in [3.63, 3.8) is 0 Å². The number of nitrogens with zero attached hydrogens (tertiary/aromatic N) is 1. The minimum atomic E-state index is -1.52. The Labute approximate surface area is 127 Å². The molecule has 0 amide bonds. The maximum atomic E-state index is 9.95. The summed E-state index contributed by atoms with van der Waals surface area (Å²) in [5.41, 5.74) is 0.671. The molecule has 1 saturated carbocycles. The lowest BCUT2D eigenvalue weighted by molar-refractivity contribution is -0.310. The highest BCUT2D eigenvalue weighted by Gasteiger charge is 2.45. The van der Waals surface area contributed by atoms with E-state index in [0.717, 1.165) is 0 Å². The van der Waals surface area contributed by atoms with E-state index in [1.807, 2.05) is 6.07 Å². The lowest BCUT2D eigenvalue weighted by Crippen LogP contribution is -2.59. The van der Waals surface area contributed by atoms with Crippen molar-refractivity contribution >= 4 is 0 Å². The molecule has 7 atom stereocenters. The van der Waals surface area contributed by atoms with E-state index in [1.54, 1.807) is 0 Å². The Morgan fingerprint density at radius 1 is 1.23 bits per heavy atom. The highest BCUT2D eigenvalue weighted by atomic mass is 16.7. The first kappa shape index (κ1) is 17.3. The summed E-state index contributed by atoms with van der Waals surface area (Å²) in [7, 11) is 0. The Morgan fingerprint density at radius 2 is 1.95 bits per heavy atom. The number of nitriles is 1. The van der Waals surface area contributed by atoms with Crippen molar-refractivity contribution in [1.29, 1.82) is 5.26 Å². The number of hydrogen-bond donors (Lipinski definition) is 5. The molecule has 1 aliphatic heterocycles. The summed E-state index contributed by atoms with van der Waals surface area (Å²) >= 11 is 0. The number of aliphatic hydroxyl groups excluding tert-OH is 5. The zero-order valence-electron chi connectivity index (χ0n) is 11.9. The lowest BCUT2D eigenvalue weighted by atomic mass is 9.89. The Morgan fingerprint density at radius 3 is 2.59 bits per heavy atom. The van der Waals surface area contributed by atoms with Gasteiger partial charge in [-0.2, -0.15) is 5.26 Å². The second kappa shape index (κ2) is 7.48. The first-order valence-corrected chi connectivity index (χ1v) is 7.20. The van der Waals surface area contributed by atoms with E-state index in [1.165, 1.54) is 6.08 Å². The van der Waals surface area contributed by atoms with Crippen LogP contribution in [-0.4, -0.2) is 75.1 Å². The maximum Gasteiger partial charge on any atom is 0.187 e. The molecule has 0 unspecified atom stereocenters. The van der Waals surface area contributed by atoms with Crippen LogP contribution >= 0.6 is 0 Å². The number of allylic oxidation sites excluding steroid dienone is 1. The number of aliphatic hydroxyl groups is 5. The summed E-state index contributed by atoms with van der Waals surface area (Å²) in [5, 5.41) is 57.0. The van der Waals surface area contributed by atoms with Gasteiger partial charge in [-0.3, -0.25) is 0 Å². The van der Waals surface area contributed by atoms with Crippen LogP contribution in [0.4, 0.5) is 0 Å². The zero-order valence-corrected chi connectivity index (χ0v) is 11.9. The van der Waals surface area contributed by atoms with E-state index >= 15 is 0 Å². The highest BCUT2D eigenvalue weighted by Crippen LogP contribution is 2.30. The van der Waals surface area contributed by atoms with Crippen LogP contribution in [0.25, 0.3) is 0 Å². The second-order valence-corrected chi connectivity index (χ2v) is 5.60. The van der Waals surface area contributed by atoms with E-state index in [9.17, 15) is 20.4 Å². The Kier molecular flexibility index (Phi) is 5.88. The van der Waals surface area contributed by atoms with Crippen molar-refractivity contribution in [1.82, 2.24) is 0 Å². The topological polar surface area (TPSA) is 143 Å². The van der Waals surface area contributed by atoms with Gasteiger partial charge < -0.3 is 35.0 Å². The third kappa shape index (κ3) is 3.64. The van der Waals surface area contributed by atoms with Gasteiger partial charge in [0, 0.05) is 12.5 Å². The number of rotatable bonds is 3. The van der Waals surface area contributed by atoms with E-state index < -0.39 is 49.5 Å². The predicted molar refractivity (Wildman–Crippen MR) is 72.2 cm³/mol. The predicted octanol–water partition coefficient (Wildman–Crippen LogP) is -1.83. The van der Waals surface area contributed by atoms with Gasteiger partial charge in [0.1, 0.15) is 24.4 Å². The normalized spacial score (nSPS) is 44.7. The van der Waals surface area contributed by atoms with Gasteiger partial charge in [0.05, 0.1) is 24.9 Å². The van der Waals surface area contributed by atoms with Gasteiger partial charge in [-0.1, -0.05) is 0 Å². The van der Waals surface area contributed by atoms with Gasteiger partial charge in [-0.25, -0.2) is 0 Å². The molecule has 22 heavy (non-hydrogen) atoms. The van der Waals surface area contributed by atoms with Crippen molar-refractivity contribution in [2.75, 3.05) is 6.61 Å². The van der Waals surface area contributed by atoms with E-state index in [2.05, 4.69) is 0 Å². The average molecular weight is 315 g/mol. The van der Waals surface area contributed by atoms with E-state index in [0.29, 0.717) is 18.4 Å². The summed E-state index contributed by atoms with van der Waals surface area (Å²) in [6, 6.07) is 1.91. The second-order valence-electron chi connectivity index (χ2n) is 5.60. The maximum absolute atomic E-state index is 9.95. The third-order valence-corrected chi connectivity index (χ3v) is 4.06. The number of ether oxygens (including phenoxy) is 2.